The van der Waals surface area contributed by atoms with Gasteiger partial charge in [-0.3, -0.25) is 4.79 Å². The minimum absolute atomic E-state index is 0.515. The zero-order valence-corrected chi connectivity index (χ0v) is 11.1. The molecule has 4 nitrogen and oxygen atoms in total. The minimum Gasteiger partial charge on any atom is -0.480 e. The number of rotatable bonds is 7. The van der Waals surface area contributed by atoms with E-state index in [1.807, 2.05) is 0 Å². The Morgan fingerprint density at radius 2 is 2.24 bits per heavy atom. The van der Waals surface area contributed by atoms with Crippen molar-refractivity contribution < 1.29 is 9.90 Å². The summed E-state index contributed by atoms with van der Waals surface area (Å²) in [5, 5.41) is 16.0. The van der Waals surface area contributed by atoms with Gasteiger partial charge in [0.25, 0.3) is 0 Å². The van der Waals surface area contributed by atoms with E-state index in [1.54, 1.807) is 0 Å². The third kappa shape index (κ3) is 4.28. The van der Waals surface area contributed by atoms with Gasteiger partial charge in [0, 0.05) is 0 Å². The predicted molar refractivity (Wildman–Crippen MR) is 69.2 cm³/mol. The monoisotopic (exact) mass is 242 g/mol. The molecule has 0 radical (unpaired) electrons. The second-order valence-corrected chi connectivity index (χ2v) is 5.22. The highest BCUT2D eigenvalue weighted by atomic mass is 16.4. The molecular weight excluding hydrogens is 216 g/mol. The maximum Gasteiger partial charge on any atom is 0.323 e. The lowest BCUT2D eigenvalue weighted by atomic mass is 9.76. The van der Waals surface area contributed by atoms with Crippen molar-refractivity contribution in [1.82, 2.24) is 10.6 Å². The summed E-state index contributed by atoms with van der Waals surface area (Å²) in [5.74, 6) is -0.159. The smallest absolute Gasteiger partial charge is 0.323 e. The average Bonchev–Trinajstić information content (AvgIpc) is 2.28. The Hall–Kier alpha value is -0.610. The lowest BCUT2D eigenvalue weighted by Crippen LogP contribution is -2.55. The summed E-state index contributed by atoms with van der Waals surface area (Å²) in [4.78, 5) is 11.5. The quantitative estimate of drug-likeness (QED) is 0.594. The summed E-state index contributed by atoms with van der Waals surface area (Å²) in [6.07, 6.45) is 4.70. The second-order valence-electron chi connectivity index (χ2n) is 5.22. The number of carboxylic acids is 1. The van der Waals surface area contributed by atoms with Gasteiger partial charge >= 0.3 is 5.97 Å². The van der Waals surface area contributed by atoms with Gasteiger partial charge in [-0.15, -0.1) is 0 Å². The van der Waals surface area contributed by atoms with Crippen molar-refractivity contribution in [1.29, 1.82) is 0 Å². The van der Waals surface area contributed by atoms with Gasteiger partial charge in [0.15, 0.2) is 0 Å². The van der Waals surface area contributed by atoms with E-state index in [0.29, 0.717) is 5.92 Å². The topological polar surface area (TPSA) is 61.4 Å². The van der Waals surface area contributed by atoms with Crippen LogP contribution < -0.4 is 10.6 Å². The summed E-state index contributed by atoms with van der Waals surface area (Å²) in [5.41, 5.74) is -0.663. The van der Waals surface area contributed by atoms with Crippen molar-refractivity contribution in [2.24, 2.45) is 5.92 Å². The Morgan fingerprint density at radius 1 is 1.47 bits per heavy atom. The van der Waals surface area contributed by atoms with Crippen molar-refractivity contribution in [3.05, 3.63) is 0 Å². The van der Waals surface area contributed by atoms with Crippen LogP contribution in [0.4, 0.5) is 0 Å². The molecule has 4 heteroatoms. The molecule has 0 amide bonds. The van der Waals surface area contributed by atoms with Gasteiger partial charge in [-0.25, -0.2) is 0 Å². The Bertz CT molecular complexity index is 246. The van der Waals surface area contributed by atoms with Gasteiger partial charge in [0.05, 0.1) is 0 Å². The van der Waals surface area contributed by atoms with Crippen LogP contribution >= 0.6 is 0 Å². The minimum atomic E-state index is -0.674. The van der Waals surface area contributed by atoms with Crippen LogP contribution in [-0.2, 0) is 4.79 Å². The zero-order valence-electron chi connectivity index (χ0n) is 11.1. The first kappa shape index (κ1) is 14.5. The van der Waals surface area contributed by atoms with Crippen LogP contribution in [0, 0.1) is 5.92 Å². The van der Waals surface area contributed by atoms with E-state index in [4.69, 9.17) is 0 Å². The Labute approximate surface area is 104 Å². The van der Waals surface area contributed by atoms with E-state index in [1.165, 1.54) is 0 Å². The Morgan fingerprint density at radius 3 is 2.82 bits per heavy atom. The van der Waals surface area contributed by atoms with E-state index >= 15 is 0 Å². The third-order valence-corrected chi connectivity index (χ3v) is 3.65. The SMILES string of the molecule is CCNCCCNC1(C(=O)O)CCCC(C)C1. The van der Waals surface area contributed by atoms with Crippen LogP contribution in [0.3, 0.4) is 0 Å². The van der Waals surface area contributed by atoms with Gasteiger partial charge in [0.1, 0.15) is 5.54 Å². The maximum absolute atomic E-state index is 11.5. The molecule has 0 saturated heterocycles. The van der Waals surface area contributed by atoms with E-state index in [2.05, 4.69) is 24.5 Å². The first-order valence-electron chi connectivity index (χ1n) is 6.80. The van der Waals surface area contributed by atoms with Gasteiger partial charge in [0.2, 0.25) is 0 Å². The molecule has 0 bridgehead atoms. The first-order chi connectivity index (χ1) is 8.10. The molecule has 100 valence electrons. The molecule has 0 aromatic rings. The Kier molecular flexibility index (Phi) is 5.92. The van der Waals surface area contributed by atoms with Crippen molar-refractivity contribution in [3.8, 4) is 0 Å². The summed E-state index contributed by atoms with van der Waals surface area (Å²) in [6, 6.07) is 0. The molecule has 0 heterocycles. The van der Waals surface area contributed by atoms with Crippen LogP contribution in [0.5, 0.6) is 0 Å². The van der Waals surface area contributed by atoms with Crippen LogP contribution in [-0.4, -0.2) is 36.2 Å². The highest BCUT2D eigenvalue weighted by molar-refractivity contribution is 5.79. The normalized spacial score (nSPS) is 29.2. The van der Waals surface area contributed by atoms with Crippen molar-refractivity contribution in [2.45, 2.75) is 51.5 Å². The van der Waals surface area contributed by atoms with Gasteiger partial charge in [-0.05, 0) is 44.8 Å². The van der Waals surface area contributed by atoms with Crippen LogP contribution in [0.15, 0.2) is 0 Å². The number of nitrogens with one attached hydrogen (secondary N) is 2. The fraction of sp³-hybridized carbons (Fsp3) is 0.923. The standard InChI is InChI=1S/C13H26N2O2/c1-3-14-8-5-9-15-13(12(16)17)7-4-6-11(2)10-13/h11,14-15H,3-10H2,1-2H3,(H,16,17). The van der Waals surface area contributed by atoms with E-state index in [9.17, 15) is 9.90 Å². The number of hydrogen-bond donors (Lipinski definition) is 3. The molecule has 1 aliphatic carbocycles. The second kappa shape index (κ2) is 6.97. The largest absolute Gasteiger partial charge is 0.480 e. The van der Waals surface area contributed by atoms with Gasteiger partial charge < -0.3 is 15.7 Å². The molecule has 0 aromatic heterocycles. The van der Waals surface area contributed by atoms with E-state index in [0.717, 1.165) is 51.7 Å². The fourth-order valence-corrected chi connectivity index (χ4v) is 2.70. The highest BCUT2D eigenvalue weighted by Gasteiger charge is 2.41. The molecule has 3 N–H and O–H groups in total. The lowest BCUT2D eigenvalue weighted by molar-refractivity contribution is -0.147. The van der Waals surface area contributed by atoms with Crippen molar-refractivity contribution >= 4 is 5.97 Å². The van der Waals surface area contributed by atoms with Crippen LogP contribution in [0.1, 0.15) is 46.0 Å². The zero-order chi connectivity index (χ0) is 12.7. The fourth-order valence-electron chi connectivity index (χ4n) is 2.70. The summed E-state index contributed by atoms with van der Waals surface area (Å²) in [6.45, 7) is 6.94. The maximum atomic E-state index is 11.5. The molecule has 1 saturated carbocycles. The van der Waals surface area contributed by atoms with Crippen molar-refractivity contribution in [3.63, 3.8) is 0 Å². The summed E-state index contributed by atoms with van der Waals surface area (Å²) in [7, 11) is 0. The third-order valence-electron chi connectivity index (χ3n) is 3.65. The molecular formula is C13H26N2O2. The molecule has 1 fully saturated rings. The highest BCUT2D eigenvalue weighted by Crippen LogP contribution is 2.32. The molecule has 0 aromatic carbocycles. The van der Waals surface area contributed by atoms with Gasteiger partial charge in [-0.1, -0.05) is 26.7 Å². The summed E-state index contributed by atoms with van der Waals surface area (Å²) < 4.78 is 0. The molecule has 0 spiro atoms. The predicted octanol–water partition coefficient (Wildman–Crippen LogP) is 1.61. The Balaban J connectivity index is 2.40. The van der Waals surface area contributed by atoms with Crippen LogP contribution in [0.25, 0.3) is 0 Å². The number of carboxylic acid groups (broad SMARTS) is 1. The molecule has 17 heavy (non-hydrogen) atoms. The van der Waals surface area contributed by atoms with Gasteiger partial charge in [-0.2, -0.15) is 0 Å². The average molecular weight is 242 g/mol. The lowest BCUT2D eigenvalue weighted by Gasteiger charge is -2.37. The molecule has 0 aliphatic heterocycles. The molecule has 2 atom stereocenters. The molecule has 1 aliphatic rings. The first-order valence-corrected chi connectivity index (χ1v) is 6.80. The number of hydrogen-bond acceptors (Lipinski definition) is 3. The van der Waals surface area contributed by atoms with E-state index in [-0.39, 0.29) is 0 Å². The summed E-state index contributed by atoms with van der Waals surface area (Å²) >= 11 is 0. The number of aliphatic carboxylic acids is 1. The molecule has 2 unspecified atom stereocenters. The van der Waals surface area contributed by atoms with Crippen LogP contribution in [0.2, 0.25) is 0 Å². The number of carbonyl (C=O) groups is 1. The van der Waals surface area contributed by atoms with E-state index < -0.39 is 11.5 Å². The van der Waals surface area contributed by atoms with Crippen molar-refractivity contribution in [2.75, 3.05) is 19.6 Å². The molecule has 1 rings (SSSR count).